The van der Waals surface area contributed by atoms with Gasteiger partial charge in [-0.1, -0.05) is 70.0 Å². The molecule has 0 spiro atoms. The lowest BCUT2D eigenvalue weighted by molar-refractivity contribution is -0.115. The lowest BCUT2D eigenvalue weighted by Gasteiger charge is -2.10. The van der Waals surface area contributed by atoms with Crippen molar-refractivity contribution in [1.29, 1.82) is 0 Å². The van der Waals surface area contributed by atoms with Crippen molar-refractivity contribution in [3.05, 3.63) is 88.7 Å². The highest BCUT2D eigenvalue weighted by molar-refractivity contribution is 6.12. The Kier molecular flexibility index (Phi) is 14.0. The first kappa shape index (κ1) is 32.6. The average Bonchev–Trinajstić information content (AvgIpc) is 3.37. The predicted octanol–water partition coefficient (Wildman–Crippen LogP) is 7.90. The number of nitrogens with zero attached hydrogens (tertiary/aromatic N) is 1. The first-order valence-corrected chi connectivity index (χ1v) is 14.4. The second-order valence-corrected chi connectivity index (χ2v) is 10.4. The quantitative estimate of drug-likeness (QED) is 0.198. The molecule has 2 aromatic carbocycles. The lowest BCUT2D eigenvalue weighted by atomic mass is 9.98. The largest absolute Gasteiger partial charge is 0.399 e. The van der Waals surface area contributed by atoms with Crippen LogP contribution >= 0.6 is 0 Å². The molecule has 0 aliphatic carbocycles. The second kappa shape index (κ2) is 17.1. The number of nitrogens with two attached hydrogens (primary N) is 1. The first-order chi connectivity index (χ1) is 19.2. The van der Waals surface area contributed by atoms with Crippen molar-refractivity contribution in [3.63, 3.8) is 0 Å². The van der Waals surface area contributed by atoms with E-state index in [1.807, 2.05) is 42.6 Å². The Balaban J connectivity index is 0.000000708. The van der Waals surface area contributed by atoms with Crippen molar-refractivity contribution in [1.82, 2.24) is 5.32 Å². The van der Waals surface area contributed by atoms with Crippen molar-refractivity contribution in [2.45, 2.75) is 74.1 Å². The first-order valence-electron chi connectivity index (χ1n) is 14.4. The molecular formula is C34H48N4O2. The number of ether oxygens (including phenoxy) is 1. The molecule has 0 fully saturated rings. The molecule has 0 unspecified atom stereocenters. The van der Waals surface area contributed by atoms with Crippen LogP contribution in [0, 0.1) is 5.92 Å². The van der Waals surface area contributed by atoms with Crippen molar-refractivity contribution in [2.24, 2.45) is 10.9 Å². The van der Waals surface area contributed by atoms with E-state index in [0.29, 0.717) is 18.0 Å². The van der Waals surface area contributed by atoms with Gasteiger partial charge in [0.1, 0.15) is 5.84 Å². The van der Waals surface area contributed by atoms with Crippen LogP contribution in [0.3, 0.4) is 0 Å². The van der Waals surface area contributed by atoms with E-state index < -0.39 is 0 Å². The Hall–Kier alpha value is -3.64. The fourth-order valence-corrected chi connectivity index (χ4v) is 3.73. The third-order valence-corrected chi connectivity index (χ3v) is 6.58. The number of benzene rings is 2. The van der Waals surface area contributed by atoms with E-state index in [4.69, 9.17) is 15.5 Å². The summed E-state index contributed by atoms with van der Waals surface area (Å²) in [6, 6.07) is 15.2. The molecule has 3 rings (SSSR count). The maximum atomic E-state index is 12.4. The Labute approximate surface area is 241 Å². The number of hydrogen-bond acceptors (Lipinski definition) is 4. The van der Waals surface area contributed by atoms with Gasteiger partial charge in [0.15, 0.2) is 0 Å². The molecule has 6 heteroatoms. The number of rotatable bonds is 11. The Morgan fingerprint density at radius 2 is 1.62 bits per heavy atom. The Morgan fingerprint density at radius 3 is 2.17 bits per heavy atom. The van der Waals surface area contributed by atoms with Gasteiger partial charge >= 0.3 is 0 Å². The normalized spacial score (nSPS) is 15.3. The number of nitrogens with one attached hydrogen (secondary N) is 2. The number of amidine groups is 1. The maximum absolute atomic E-state index is 12.4. The topological polar surface area (TPSA) is 88.7 Å². The van der Waals surface area contributed by atoms with Crippen LogP contribution in [0.5, 0.6) is 0 Å². The van der Waals surface area contributed by atoms with Gasteiger partial charge in [-0.3, -0.25) is 4.79 Å². The zero-order valence-corrected chi connectivity index (χ0v) is 25.4. The summed E-state index contributed by atoms with van der Waals surface area (Å²) in [6.07, 6.45) is 7.66. The van der Waals surface area contributed by atoms with E-state index in [1.165, 1.54) is 11.1 Å². The number of amides is 1. The lowest BCUT2D eigenvalue weighted by Crippen LogP contribution is -2.18. The zero-order valence-electron chi connectivity index (χ0n) is 25.4. The van der Waals surface area contributed by atoms with E-state index in [1.54, 1.807) is 12.1 Å². The molecule has 1 aliphatic heterocycles. The minimum atomic E-state index is -0.0593. The van der Waals surface area contributed by atoms with E-state index in [-0.39, 0.29) is 5.91 Å². The van der Waals surface area contributed by atoms with Crippen LogP contribution in [-0.4, -0.2) is 25.0 Å². The van der Waals surface area contributed by atoms with Gasteiger partial charge < -0.3 is 21.1 Å². The summed E-state index contributed by atoms with van der Waals surface area (Å²) in [4.78, 5) is 17.1. The summed E-state index contributed by atoms with van der Waals surface area (Å²) in [5.41, 5.74) is 13.8. The summed E-state index contributed by atoms with van der Waals surface area (Å²) in [5, 5.41) is 6.44. The molecule has 0 atom stereocenters. The Morgan fingerprint density at radius 1 is 1.00 bits per heavy atom. The van der Waals surface area contributed by atoms with Gasteiger partial charge in [0.25, 0.3) is 0 Å². The molecule has 0 saturated carbocycles. The SMILES string of the molecule is CC/C(C)=C/N=C1\NC(c2ccc(NC(=O)Cc3ccc(N)cc3)cc2)=C\C1=C(\C)C(C)C.CCCOCCC. The van der Waals surface area contributed by atoms with Gasteiger partial charge in [-0.2, -0.15) is 0 Å². The van der Waals surface area contributed by atoms with Crippen molar-refractivity contribution in [3.8, 4) is 0 Å². The molecule has 1 heterocycles. The van der Waals surface area contributed by atoms with Gasteiger partial charge in [0, 0.05) is 42.1 Å². The molecule has 40 heavy (non-hydrogen) atoms. The third-order valence-electron chi connectivity index (χ3n) is 6.58. The average molecular weight is 545 g/mol. The Bertz CT molecular complexity index is 1200. The monoisotopic (exact) mass is 544 g/mol. The molecule has 2 aromatic rings. The fourth-order valence-electron chi connectivity index (χ4n) is 3.73. The number of allylic oxidation sites excluding steroid dienone is 2. The molecule has 0 radical (unpaired) electrons. The van der Waals surface area contributed by atoms with E-state index in [2.05, 4.69) is 65.2 Å². The highest BCUT2D eigenvalue weighted by atomic mass is 16.5. The summed E-state index contributed by atoms with van der Waals surface area (Å²) >= 11 is 0. The van der Waals surface area contributed by atoms with E-state index in [0.717, 1.165) is 66.4 Å². The highest BCUT2D eigenvalue weighted by Crippen LogP contribution is 2.27. The second-order valence-electron chi connectivity index (χ2n) is 10.4. The molecule has 0 bridgehead atoms. The van der Waals surface area contributed by atoms with Crippen molar-refractivity contribution < 1.29 is 9.53 Å². The van der Waals surface area contributed by atoms with Gasteiger partial charge in [0.2, 0.25) is 5.91 Å². The van der Waals surface area contributed by atoms with Crippen LogP contribution in [0.25, 0.3) is 5.70 Å². The summed E-state index contributed by atoms with van der Waals surface area (Å²) in [7, 11) is 0. The third kappa shape index (κ3) is 10.9. The summed E-state index contributed by atoms with van der Waals surface area (Å²) in [5.74, 6) is 1.25. The fraction of sp³-hybridized carbons (Fsp3) is 0.412. The number of aliphatic imine (C=N–C) groups is 1. The van der Waals surface area contributed by atoms with Crippen LogP contribution in [0.1, 0.15) is 78.9 Å². The highest BCUT2D eigenvalue weighted by Gasteiger charge is 2.20. The van der Waals surface area contributed by atoms with Crippen molar-refractivity contribution in [2.75, 3.05) is 24.3 Å². The smallest absolute Gasteiger partial charge is 0.228 e. The molecular weight excluding hydrogens is 496 g/mol. The summed E-state index contributed by atoms with van der Waals surface area (Å²) < 4.78 is 5.13. The number of hydrogen-bond donors (Lipinski definition) is 3. The van der Waals surface area contributed by atoms with Gasteiger partial charge in [-0.15, -0.1) is 0 Å². The van der Waals surface area contributed by atoms with Crippen LogP contribution in [0.4, 0.5) is 11.4 Å². The number of nitrogen functional groups attached to an aromatic ring is 1. The number of carbonyl (C=O) groups excluding carboxylic acids is 1. The maximum Gasteiger partial charge on any atom is 0.228 e. The minimum absolute atomic E-state index is 0.0593. The van der Waals surface area contributed by atoms with E-state index >= 15 is 0 Å². The van der Waals surface area contributed by atoms with Crippen LogP contribution in [0.2, 0.25) is 0 Å². The van der Waals surface area contributed by atoms with Crippen LogP contribution in [-0.2, 0) is 16.0 Å². The molecule has 4 N–H and O–H groups in total. The van der Waals surface area contributed by atoms with Gasteiger partial charge in [-0.05, 0) is 80.5 Å². The molecule has 1 amide bonds. The van der Waals surface area contributed by atoms with Gasteiger partial charge in [-0.25, -0.2) is 4.99 Å². The molecule has 0 aromatic heterocycles. The molecule has 1 aliphatic rings. The van der Waals surface area contributed by atoms with Crippen LogP contribution < -0.4 is 16.4 Å². The van der Waals surface area contributed by atoms with E-state index in [9.17, 15) is 4.79 Å². The molecule has 216 valence electrons. The number of carbonyl (C=O) groups is 1. The standard InChI is InChI=1S/C28H34N4O.C6H14O/c1-6-19(4)17-30-28-25(20(5)18(2)3)16-26(32-28)22-9-13-24(14-10-22)31-27(33)15-21-7-11-23(29)12-8-21;1-3-5-7-6-4-2/h7-14,16-18H,6,15,29H2,1-5H3,(H,30,32)(H,31,33);3-6H2,1-2H3/b19-17+,25-20+;. The molecule has 0 saturated heterocycles. The predicted molar refractivity (Wildman–Crippen MR) is 171 cm³/mol. The zero-order chi connectivity index (χ0) is 29.5. The van der Waals surface area contributed by atoms with Crippen LogP contribution in [0.15, 0.2) is 82.5 Å². The molecule has 6 nitrogen and oxygen atoms in total. The number of anilines is 2. The van der Waals surface area contributed by atoms with Crippen molar-refractivity contribution >= 4 is 28.8 Å². The summed E-state index contributed by atoms with van der Waals surface area (Å²) in [6.45, 7) is 16.9. The van der Waals surface area contributed by atoms with Gasteiger partial charge in [0.05, 0.1) is 6.42 Å². The minimum Gasteiger partial charge on any atom is -0.399 e.